The summed E-state index contributed by atoms with van der Waals surface area (Å²) in [4.78, 5) is 0. The van der Waals surface area contributed by atoms with E-state index in [1.807, 2.05) is 10.8 Å². The second-order valence-electron chi connectivity index (χ2n) is 6.92. The molecule has 0 spiro atoms. The first-order valence-corrected chi connectivity index (χ1v) is 10.7. The van der Waals surface area contributed by atoms with Crippen molar-refractivity contribution in [1.82, 2.24) is 0 Å². The molecule has 0 N–H and O–H groups in total. The van der Waals surface area contributed by atoms with Crippen LogP contribution in [0, 0.1) is 5.82 Å². The number of hydrogen-bond acceptors (Lipinski definition) is 3. The molecule has 1 heterocycles. The maximum Gasteiger partial charge on any atom is 0.534 e. The number of nitrogens with zero attached hydrogens (tertiary/aromatic N) is 1. The summed E-state index contributed by atoms with van der Waals surface area (Å²) in [6.45, 7) is 0.433. The van der Waals surface area contributed by atoms with Gasteiger partial charge < -0.3 is 4.18 Å². The molecule has 4 nitrogen and oxygen atoms in total. The zero-order chi connectivity index (χ0) is 22.2. The van der Waals surface area contributed by atoms with Crippen molar-refractivity contribution in [2.24, 2.45) is 0 Å². The van der Waals surface area contributed by atoms with Crippen molar-refractivity contribution in [1.29, 1.82) is 0 Å². The number of fused-ring (bicyclic) bond motifs is 3. The Morgan fingerprint density at radius 1 is 0.903 bits per heavy atom. The third-order valence-electron chi connectivity index (χ3n) is 4.88. The molecular weight excluding hydrogens is 434 g/mol. The lowest BCUT2D eigenvalue weighted by Gasteiger charge is -2.12. The van der Waals surface area contributed by atoms with Crippen molar-refractivity contribution in [3.8, 4) is 5.75 Å². The van der Waals surface area contributed by atoms with Crippen LogP contribution in [-0.2, 0) is 23.1 Å². The van der Waals surface area contributed by atoms with Crippen LogP contribution in [-0.4, -0.2) is 13.9 Å². The van der Waals surface area contributed by atoms with E-state index in [0.29, 0.717) is 29.3 Å². The molecule has 0 saturated heterocycles. The van der Waals surface area contributed by atoms with Gasteiger partial charge in [-0.3, -0.25) is 0 Å². The summed E-state index contributed by atoms with van der Waals surface area (Å²) in [6, 6.07) is 17.3. The van der Waals surface area contributed by atoms with Crippen LogP contribution in [0.4, 0.5) is 17.6 Å². The van der Waals surface area contributed by atoms with Gasteiger partial charge in [-0.05, 0) is 29.8 Å². The summed E-state index contributed by atoms with van der Waals surface area (Å²) in [6.07, 6.45) is 2.37. The van der Waals surface area contributed by atoms with E-state index in [2.05, 4.69) is 4.18 Å². The summed E-state index contributed by atoms with van der Waals surface area (Å²) >= 11 is 0. The lowest BCUT2D eigenvalue weighted by molar-refractivity contribution is -0.669. The second kappa shape index (κ2) is 7.81. The third-order valence-corrected chi connectivity index (χ3v) is 5.84. The van der Waals surface area contributed by atoms with Gasteiger partial charge in [0.25, 0.3) is 0 Å². The Labute approximate surface area is 175 Å². The van der Waals surface area contributed by atoms with Crippen molar-refractivity contribution in [3.63, 3.8) is 0 Å². The van der Waals surface area contributed by atoms with Crippen molar-refractivity contribution in [2.75, 3.05) is 0 Å². The van der Waals surface area contributed by atoms with Gasteiger partial charge in [-0.2, -0.15) is 26.2 Å². The predicted octanol–water partition coefficient (Wildman–Crippen LogP) is 4.89. The molecule has 0 bridgehead atoms. The Morgan fingerprint density at radius 2 is 1.61 bits per heavy atom. The highest BCUT2D eigenvalue weighted by molar-refractivity contribution is 7.88. The Morgan fingerprint density at radius 3 is 2.32 bits per heavy atom. The van der Waals surface area contributed by atoms with E-state index in [1.54, 1.807) is 42.5 Å². The van der Waals surface area contributed by atoms with Gasteiger partial charge in [0, 0.05) is 23.3 Å². The lowest BCUT2D eigenvalue weighted by atomic mass is 10.0. The molecule has 0 atom stereocenters. The van der Waals surface area contributed by atoms with Crippen LogP contribution in [0.25, 0.3) is 21.7 Å². The number of halogens is 4. The van der Waals surface area contributed by atoms with Crippen LogP contribution >= 0.6 is 0 Å². The molecule has 0 fully saturated rings. The molecule has 0 aliphatic rings. The number of aryl methyl sites for hydroxylation is 2. The third kappa shape index (κ3) is 4.18. The van der Waals surface area contributed by atoms with Crippen LogP contribution in [0.2, 0.25) is 0 Å². The van der Waals surface area contributed by atoms with Gasteiger partial charge in [-0.15, -0.1) is 0 Å². The van der Waals surface area contributed by atoms with Gasteiger partial charge >= 0.3 is 15.6 Å². The standard InChI is InChI=1S/C22H16F4NO3S/c23-17-10-8-15(9-11-17)12-13-27-14-16-4-1-2-5-18(16)21-19(27)6-3-7-20(21)30-31(28,29)22(24,25)26/h1-11,14H,12-13H2/q+1. The van der Waals surface area contributed by atoms with Gasteiger partial charge in [0.1, 0.15) is 5.82 Å². The Hall–Kier alpha value is -3.20. The molecule has 0 saturated carbocycles. The highest BCUT2D eigenvalue weighted by Gasteiger charge is 2.48. The van der Waals surface area contributed by atoms with Gasteiger partial charge in [-0.25, -0.2) is 4.39 Å². The smallest absolute Gasteiger partial charge is 0.375 e. The van der Waals surface area contributed by atoms with Gasteiger partial charge in [0.05, 0.1) is 5.39 Å². The van der Waals surface area contributed by atoms with E-state index in [9.17, 15) is 26.0 Å². The van der Waals surface area contributed by atoms with Crippen molar-refractivity contribution >= 4 is 31.8 Å². The molecule has 31 heavy (non-hydrogen) atoms. The minimum absolute atomic E-state index is 0.257. The Bertz CT molecular complexity index is 1370. The average Bonchev–Trinajstić information content (AvgIpc) is 2.72. The van der Waals surface area contributed by atoms with Crippen molar-refractivity contribution in [3.05, 3.63) is 84.3 Å². The first-order chi connectivity index (χ1) is 14.7. The van der Waals surface area contributed by atoms with E-state index < -0.39 is 21.4 Å². The van der Waals surface area contributed by atoms with Gasteiger partial charge in [0.2, 0.25) is 5.52 Å². The van der Waals surface area contributed by atoms with E-state index in [1.165, 1.54) is 24.3 Å². The number of aromatic nitrogens is 1. The first-order valence-electron chi connectivity index (χ1n) is 9.25. The summed E-state index contributed by atoms with van der Waals surface area (Å²) in [5, 5.41) is 1.52. The van der Waals surface area contributed by atoms with Gasteiger partial charge in [0.15, 0.2) is 18.5 Å². The van der Waals surface area contributed by atoms with Crippen LogP contribution in [0.15, 0.2) is 72.9 Å². The minimum atomic E-state index is -5.83. The van der Waals surface area contributed by atoms with Crippen LogP contribution in [0.5, 0.6) is 5.75 Å². The maximum atomic E-state index is 13.1. The van der Waals surface area contributed by atoms with E-state index in [-0.39, 0.29) is 11.2 Å². The molecule has 9 heteroatoms. The fourth-order valence-corrected chi connectivity index (χ4v) is 3.89. The fourth-order valence-electron chi connectivity index (χ4n) is 3.42. The topological polar surface area (TPSA) is 47.3 Å². The van der Waals surface area contributed by atoms with E-state index >= 15 is 0 Å². The molecule has 0 aliphatic carbocycles. The first kappa shape index (κ1) is 21.0. The van der Waals surface area contributed by atoms with Crippen LogP contribution < -0.4 is 8.75 Å². The average molecular weight is 450 g/mol. The number of hydrogen-bond donors (Lipinski definition) is 0. The molecule has 4 rings (SSSR count). The predicted molar refractivity (Wildman–Crippen MR) is 107 cm³/mol. The summed E-state index contributed by atoms with van der Waals surface area (Å²) in [5.74, 6) is -0.748. The normalized spacial score (nSPS) is 12.4. The Balaban J connectivity index is 1.85. The molecule has 4 aromatic rings. The Kier molecular flexibility index (Phi) is 5.30. The number of pyridine rings is 1. The molecule has 1 aromatic heterocycles. The molecule has 0 unspecified atom stereocenters. The summed E-state index contributed by atoms with van der Waals surface area (Å²) < 4.78 is 81.5. The SMILES string of the molecule is O=S(=O)(Oc1cccc2c1c1ccccc1c[n+]2CCc1ccc(F)cc1)C(F)(F)F. The summed E-state index contributed by atoms with van der Waals surface area (Å²) in [7, 11) is -5.83. The van der Waals surface area contributed by atoms with E-state index in [0.717, 1.165) is 5.56 Å². The molecule has 0 aliphatic heterocycles. The second-order valence-corrected chi connectivity index (χ2v) is 8.46. The quantitative estimate of drug-likeness (QED) is 0.143. The lowest BCUT2D eigenvalue weighted by Crippen LogP contribution is -2.35. The fraction of sp³-hybridized carbons (Fsp3) is 0.136. The molecule has 3 aromatic carbocycles. The minimum Gasteiger partial charge on any atom is -0.375 e. The zero-order valence-corrected chi connectivity index (χ0v) is 16.8. The molecule has 0 amide bonds. The molecule has 160 valence electrons. The van der Waals surface area contributed by atoms with Crippen molar-refractivity contribution < 1.29 is 34.7 Å². The number of alkyl halides is 3. The number of rotatable bonds is 5. The van der Waals surface area contributed by atoms with Crippen LogP contribution in [0.1, 0.15) is 5.56 Å². The van der Waals surface area contributed by atoms with E-state index in [4.69, 9.17) is 0 Å². The summed E-state index contributed by atoms with van der Waals surface area (Å²) in [5.41, 5.74) is -4.16. The van der Waals surface area contributed by atoms with Gasteiger partial charge in [-0.1, -0.05) is 36.4 Å². The highest BCUT2D eigenvalue weighted by atomic mass is 32.2. The monoisotopic (exact) mass is 450 g/mol. The maximum absolute atomic E-state index is 13.1. The highest BCUT2D eigenvalue weighted by Crippen LogP contribution is 2.34. The molecular formula is C22H16F4NO3S+. The number of benzene rings is 3. The zero-order valence-electron chi connectivity index (χ0n) is 15.9. The largest absolute Gasteiger partial charge is 0.534 e. The molecule has 0 radical (unpaired) electrons. The van der Waals surface area contributed by atoms with Crippen molar-refractivity contribution in [2.45, 2.75) is 18.5 Å². The van der Waals surface area contributed by atoms with Crippen LogP contribution in [0.3, 0.4) is 0 Å².